The van der Waals surface area contributed by atoms with Crippen molar-refractivity contribution in [1.29, 1.82) is 0 Å². The fourth-order valence-corrected chi connectivity index (χ4v) is 1.64. The Labute approximate surface area is 104 Å². The fraction of sp³-hybridized carbons (Fsp3) is 0.444. The summed E-state index contributed by atoms with van der Waals surface area (Å²) in [5.74, 6) is 0.507. The van der Waals surface area contributed by atoms with Crippen molar-refractivity contribution in [3.63, 3.8) is 0 Å². The van der Waals surface area contributed by atoms with Gasteiger partial charge in [0, 0.05) is 7.05 Å². The first kappa shape index (κ1) is 12.8. The van der Waals surface area contributed by atoms with E-state index in [0.29, 0.717) is 15.9 Å². The summed E-state index contributed by atoms with van der Waals surface area (Å²) in [6.45, 7) is 1.86. The molecule has 1 atom stereocenters. The highest BCUT2D eigenvalue weighted by atomic mass is 35.5. The number of halogens is 3. The minimum absolute atomic E-state index is 0.00868. The number of hydrogen-bond donors (Lipinski definition) is 1. The van der Waals surface area contributed by atoms with Crippen LogP contribution in [0, 0.1) is 0 Å². The number of hydrogen-bond acceptors (Lipinski definition) is 3. The van der Waals surface area contributed by atoms with Gasteiger partial charge in [-0.3, -0.25) is 0 Å². The molecule has 0 bridgehead atoms. The highest BCUT2D eigenvalue weighted by molar-refractivity contribution is 6.42. The molecule has 1 aromatic heterocycles. The minimum atomic E-state index is -0.0905. The third kappa shape index (κ3) is 2.88. The van der Waals surface area contributed by atoms with E-state index in [1.165, 1.54) is 6.07 Å². The molecule has 0 amide bonds. The predicted molar refractivity (Wildman–Crippen MR) is 64.2 cm³/mol. The Morgan fingerprint density at radius 1 is 1.40 bits per heavy atom. The summed E-state index contributed by atoms with van der Waals surface area (Å²) >= 11 is 17.5. The van der Waals surface area contributed by atoms with Crippen molar-refractivity contribution in [2.75, 3.05) is 18.6 Å². The largest absolute Gasteiger partial charge is 0.394 e. The van der Waals surface area contributed by atoms with E-state index in [9.17, 15) is 0 Å². The number of anilines is 1. The molecule has 0 aromatic carbocycles. The van der Waals surface area contributed by atoms with Crippen LogP contribution in [-0.2, 0) is 0 Å². The molecule has 0 saturated heterocycles. The molecular weight excluding hydrogens is 258 g/mol. The lowest BCUT2D eigenvalue weighted by molar-refractivity contribution is 0.270. The Morgan fingerprint density at radius 2 is 2.00 bits per heavy atom. The second kappa shape index (κ2) is 5.21. The van der Waals surface area contributed by atoms with Crippen molar-refractivity contribution in [2.45, 2.75) is 13.0 Å². The van der Waals surface area contributed by atoms with Crippen LogP contribution in [0.25, 0.3) is 0 Å². The van der Waals surface area contributed by atoms with E-state index in [4.69, 9.17) is 39.9 Å². The lowest BCUT2D eigenvalue weighted by Crippen LogP contribution is -2.32. The van der Waals surface area contributed by atoms with Gasteiger partial charge in [0.1, 0.15) is 11.0 Å². The summed E-state index contributed by atoms with van der Waals surface area (Å²) in [7, 11) is 1.78. The Bertz CT molecular complexity index is 359. The van der Waals surface area contributed by atoms with Gasteiger partial charge in [-0.1, -0.05) is 34.8 Å². The van der Waals surface area contributed by atoms with Crippen molar-refractivity contribution >= 4 is 40.6 Å². The van der Waals surface area contributed by atoms with Crippen molar-refractivity contribution in [3.05, 3.63) is 21.3 Å². The molecule has 0 spiro atoms. The number of aliphatic hydroxyl groups excluding tert-OH is 1. The molecule has 1 unspecified atom stereocenters. The molecule has 15 heavy (non-hydrogen) atoms. The molecule has 1 heterocycles. The van der Waals surface area contributed by atoms with Crippen LogP contribution in [-0.4, -0.2) is 29.8 Å². The Kier molecular flexibility index (Phi) is 4.46. The molecule has 1 aromatic rings. The van der Waals surface area contributed by atoms with Crippen molar-refractivity contribution in [1.82, 2.24) is 4.98 Å². The maximum atomic E-state index is 9.01. The van der Waals surface area contributed by atoms with Gasteiger partial charge < -0.3 is 10.0 Å². The zero-order valence-electron chi connectivity index (χ0n) is 8.34. The van der Waals surface area contributed by atoms with Crippen LogP contribution >= 0.6 is 34.8 Å². The predicted octanol–water partition coefficient (Wildman–Crippen LogP) is 2.86. The average Bonchev–Trinajstić information content (AvgIpc) is 2.21. The van der Waals surface area contributed by atoms with Crippen LogP contribution < -0.4 is 4.90 Å². The van der Waals surface area contributed by atoms with E-state index in [1.54, 1.807) is 11.9 Å². The van der Waals surface area contributed by atoms with Crippen molar-refractivity contribution in [3.8, 4) is 0 Å². The van der Waals surface area contributed by atoms with Crippen LogP contribution in [0.2, 0.25) is 15.2 Å². The van der Waals surface area contributed by atoms with E-state index >= 15 is 0 Å². The zero-order chi connectivity index (χ0) is 11.6. The monoisotopic (exact) mass is 268 g/mol. The van der Waals surface area contributed by atoms with E-state index < -0.39 is 0 Å². The summed E-state index contributed by atoms with van der Waals surface area (Å²) in [5.41, 5.74) is 0. The van der Waals surface area contributed by atoms with Crippen LogP contribution in [0.4, 0.5) is 5.82 Å². The summed E-state index contributed by atoms with van der Waals surface area (Å²) in [6, 6.07) is 1.45. The van der Waals surface area contributed by atoms with Gasteiger partial charge in [-0.25, -0.2) is 4.98 Å². The molecule has 1 N–H and O–H groups in total. The van der Waals surface area contributed by atoms with Gasteiger partial charge in [-0.2, -0.15) is 0 Å². The molecule has 0 radical (unpaired) electrons. The van der Waals surface area contributed by atoms with Gasteiger partial charge in [0.2, 0.25) is 0 Å². The van der Waals surface area contributed by atoms with E-state index in [1.807, 2.05) is 6.92 Å². The summed E-state index contributed by atoms with van der Waals surface area (Å²) in [6.07, 6.45) is 0. The minimum Gasteiger partial charge on any atom is -0.394 e. The molecule has 0 saturated carbocycles. The molecule has 1 rings (SSSR count). The molecule has 0 fully saturated rings. The van der Waals surface area contributed by atoms with Gasteiger partial charge in [0.25, 0.3) is 0 Å². The number of nitrogens with zero attached hydrogens (tertiary/aromatic N) is 2. The molecule has 84 valence electrons. The van der Waals surface area contributed by atoms with Crippen LogP contribution in [0.1, 0.15) is 6.92 Å². The van der Waals surface area contributed by atoms with Crippen LogP contribution in [0.15, 0.2) is 6.07 Å². The molecule has 3 nitrogen and oxygen atoms in total. The third-order valence-electron chi connectivity index (χ3n) is 2.13. The summed E-state index contributed by atoms with van der Waals surface area (Å²) < 4.78 is 0. The maximum absolute atomic E-state index is 9.01. The zero-order valence-corrected chi connectivity index (χ0v) is 10.6. The Morgan fingerprint density at radius 3 is 2.53 bits per heavy atom. The number of pyridine rings is 1. The maximum Gasteiger partial charge on any atom is 0.150 e. The lowest BCUT2D eigenvalue weighted by Gasteiger charge is -2.25. The number of aliphatic hydroxyl groups is 1. The number of rotatable bonds is 3. The normalized spacial score (nSPS) is 12.7. The van der Waals surface area contributed by atoms with Crippen LogP contribution in [0.5, 0.6) is 0 Å². The number of aromatic nitrogens is 1. The topological polar surface area (TPSA) is 36.4 Å². The lowest BCUT2D eigenvalue weighted by atomic mass is 10.3. The van der Waals surface area contributed by atoms with Gasteiger partial charge >= 0.3 is 0 Å². The second-order valence-electron chi connectivity index (χ2n) is 3.21. The van der Waals surface area contributed by atoms with Crippen molar-refractivity contribution in [2.24, 2.45) is 0 Å². The Hall–Kier alpha value is -0.220. The number of likely N-dealkylation sites (N-methyl/N-ethyl adjacent to an activating group) is 1. The molecular formula is C9H11Cl3N2O. The Balaban J connectivity index is 3.09. The summed E-state index contributed by atoms with van der Waals surface area (Å²) in [5, 5.41) is 9.94. The second-order valence-corrected chi connectivity index (χ2v) is 4.38. The van der Waals surface area contributed by atoms with Crippen molar-refractivity contribution < 1.29 is 5.11 Å². The van der Waals surface area contributed by atoms with E-state index in [-0.39, 0.29) is 17.8 Å². The first-order valence-corrected chi connectivity index (χ1v) is 5.46. The molecule has 0 aliphatic heterocycles. The first-order chi connectivity index (χ1) is 6.97. The van der Waals surface area contributed by atoms with E-state index in [0.717, 1.165) is 0 Å². The van der Waals surface area contributed by atoms with Gasteiger partial charge in [0.05, 0.1) is 22.7 Å². The SMILES string of the molecule is CC(CO)N(C)c1nc(Cl)c(Cl)cc1Cl. The van der Waals surface area contributed by atoms with E-state index in [2.05, 4.69) is 4.98 Å². The first-order valence-electron chi connectivity index (χ1n) is 4.32. The van der Waals surface area contributed by atoms with Gasteiger partial charge in [-0.05, 0) is 13.0 Å². The highest BCUT2D eigenvalue weighted by Gasteiger charge is 2.15. The van der Waals surface area contributed by atoms with Crippen LogP contribution in [0.3, 0.4) is 0 Å². The van der Waals surface area contributed by atoms with Gasteiger partial charge in [0.15, 0.2) is 0 Å². The summed E-state index contributed by atoms with van der Waals surface area (Å²) in [4.78, 5) is 5.80. The smallest absolute Gasteiger partial charge is 0.150 e. The molecule has 6 heteroatoms. The third-order valence-corrected chi connectivity index (χ3v) is 3.08. The quantitative estimate of drug-likeness (QED) is 0.857. The fourth-order valence-electron chi connectivity index (χ4n) is 1.01. The standard InChI is InChI=1S/C9H11Cl3N2O/c1-5(4-15)14(2)9-7(11)3-6(10)8(12)13-9/h3,5,15H,4H2,1-2H3. The molecule has 0 aliphatic rings. The average molecular weight is 270 g/mol. The molecule has 0 aliphatic carbocycles. The highest BCUT2D eigenvalue weighted by Crippen LogP contribution is 2.31. The van der Waals surface area contributed by atoms with Gasteiger partial charge in [-0.15, -0.1) is 0 Å².